The molecule has 2 aliphatic carbocycles. The maximum atomic E-state index is 13.9. The summed E-state index contributed by atoms with van der Waals surface area (Å²) in [6, 6.07) is 17.0. The Morgan fingerprint density at radius 3 is 1.87 bits per heavy atom. The summed E-state index contributed by atoms with van der Waals surface area (Å²) in [4.78, 5) is 85.4. The minimum atomic E-state index is -0.771. The molecule has 0 unspecified atom stereocenters. The van der Waals surface area contributed by atoms with Crippen LogP contribution in [0.4, 0.5) is 9.59 Å². The predicted molar refractivity (Wildman–Crippen MR) is 255 cm³/mol. The Balaban J connectivity index is 0.980. The molecule has 1 saturated carbocycles. The molecule has 3 fully saturated rings. The number of likely N-dealkylation sites (tertiary alicyclic amines) is 2. The summed E-state index contributed by atoms with van der Waals surface area (Å²) >= 11 is 0. The molecule has 4 heterocycles. The molecule has 3 aromatic carbocycles. The molecule has 1 spiro atoms. The van der Waals surface area contributed by atoms with E-state index < -0.39 is 30.3 Å². The molecule has 67 heavy (non-hydrogen) atoms. The van der Waals surface area contributed by atoms with Crippen LogP contribution in [0.15, 0.2) is 65.6 Å². The molecule has 0 bridgehead atoms. The first kappa shape index (κ1) is 45.6. The number of alkyl carbamates (subject to hydrolysis) is 2. The standard InChI is InChI=1S/C52H62N8O7/c1-29(2)43(56-50(64)66-5)48(62)59-25-9-11-40(59)45-53-28-39(55-45)32-15-13-31(14-16-32)35-19-18-34(36-21-24-52(42(35)36)22-7-8-23-52)33-17-20-38-37(27-33)47(61)58-46(54-38)41-12-10-26-60(41)49(63)44(30(3)4)57-51(65)67-6/h13-20,27-30,40-41,43-44H,7-12,21-26H2,1-6H3,(H,53,55)(H,56,64)(H,57,65)(H,54,58,61)/t40-,41-,43+,44-/m0/s1. The second-order valence-corrected chi connectivity index (χ2v) is 19.5. The third-order valence-electron chi connectivity index (χ3n) is 14.9. The van der Waals surface area contributed by atoms with Gasteiger partial charge >= 0.3 is 12.2 Å². The highest BCUT2D eigenvalue weighted by atomic mass is 16.5. The van der Waals surface area contributed by atoms with Gasteiger partial charge in [0.2, 0.25) is 11.8 Å². The van der Waals surface area contributed by atoms with Crippen molar-refractivity contribution in [3.05, 3.63) is 93.9 Å². The van der Waals surface area contributed by atoms with Gasteiger partial charge in [0.1, 0.15) is 23.7 Å². The van der Waals surface area contributed by atoms with Gasteiger partial charge in [-0.1, -0.05) is 83.0 Å². The quantitative estimate of drug-likeness (QED) is 0.101. The first-order valence-electron chi connectivity index (χ1n) is 24.0. The second-order valence-electron chi connectivity index (χ2n) is 19.5. The van der Waals surface area contributed by atoms with E-state index in [1.54, 1.807) is 4.90 Å². The number of nitrogens with one attached hydrogen (secondary N) is 4. The van der Waals surface area contributed by atoms with Crippen LogP contribution in [-0.4, -0.2) is 93.1 Å². The van der Waals surface area contributed by atoms with Crippen molar-refractivity contribution in [1.29, 1.82) is 0 Å². The average molecular weight is 911 g/mol. The van der Waals surface area contributed by atoms with E-state index in [0.29, 0.717) is 36.2 Å². The van der Waals surface area contributed by atoms with E-state index in [1.165, 1.54) is 43.8 Å². The van der Waals surface area contributed by atoms with Gasteiger partial charge in [-0.2, -0.15) is 0 Å². The Kier molecular flexibility index (Phi) is 12.7. The Labute approximate surface area is 390 Å². The molecule has 352 valence electrons. The number of hydrogen-bond acceptors (Lipinski definition) is 9. The zero-order chi connectivity index (χ0) is 47.1. The number of benzene rings is 3. The lowest BCUT2D eigenvalue weighted by atomic mass is 9.76. The fourth-order valence-corrected chi connectivity index (χ4v) is 11.4. The van der Waals surface area contributed by atoms with Crippen LogP contribution in [0.2, 0.25) is 0 Å². The zero-order valence-corrected chi connectivity index (χ0v) is 39.4. The maximum absolute atomic E-state index is 13.9. The maximum Gasteiger partial charge on any atom is 0.407 e. The van der Waals surface area contributed by atoms with E-state index >= 15 is 0 Å². The number of fused-ring (bicyclic) bond motifs is 3. The van der Waals surface area contributed by atoms with Gasteiger partial charge in [0.25, 0.3) is 5.56 Å². The van der Waals surface area contributed by atoms with Crippen LogP contribution in [-0.2, 0) is 30.9 Å². The van der Waals surface area contributed by atoms with Gasteiger partial charge in [0.05, 0.1) is 49.1 Å². The number of aromatic nitrogens is 4. The number of aromatic amines is 2. The van der Waals surface area contributed by atoms with Gasteiger partial charge in [0.15, 0.2) is 0 Å². The van der Waals surface area contributed by atoms with E-state index in [0.717, 1.165) is 78.7 Å². The third-order valence-corrected chi connectivity index (χ3v) is 14.9. The van der Waals surface area contributed by atoms with Gasteiger partial charge in [-0.15, -0.1) is 0 Å². The molecular formula is C52H62N8O7. The van der Waals surface area contributed by atoms with E-state index in [2.05, 4.69) is 63.1 Å². The number of imidazole rings is 1. The fraction of sp³-hybridized carbons (Fsp3) is 0.481. The summed E-state index contributed by atoms with van der Waals surface area (Å²) in [6.07, 6.45) is 10.4. The Hall–Kier alpha value is -6.51. The van der Waals surface area contributed by atoms with Crippen molar-refractivity contribution >= 4 is 34.9 Å². The minimum Gasteiger partial charge on any atom is -0.453 e. The highest BCUT2D eigenvalue weighted by Gasteiger charge is 2.44. The highest BCUT2D eigenvalue weighted by molar-refractivity contribution is 5.89. The Morgan fingerprint density at radius 1 is 0.701 bits per heavy atom. The number of methoxy groups -OCH3 is 2. The molecule has 4 aliphatic rings. The normalized spacial score (nSPS) is 19.6. The topological polar surface area (TPSA) is 192 Å². The van der Waals surface area contributed by atoms with Crippen molar-refractivity contribution < 1.29 is 28.7 Å². The van der Waals surface area contributed by atoms with Gasteiger partial charge in [-0.25, -0.2) is 19.6 Å². The zero-order valence-electron chi connectivity index (χ0n) is 39.4. The van der Waals surface area contributed by atoms with Gasteiger partial charge in [-0.05, 0) is 120 Å². The molecule has 15 heteroatoms. The molecule has 4 atom stereocenters. The van der Waals surface area contributed by atoms with E-state index in [-0.39, 0.29) is 40.7 Å². The fourth-order valence-electron chi connectivity index (χ4n) is 11.4. The van der Waals surface area contributed by atoms with Gasteiger partial charge in [-0.3, -0.25) is 14.4 Å². The van der Waals surface area contributed by atoms with E-state index in [1.807, 2.05) is 50.9 Å². The monoisotopic (exact) mass is 910 g/mol. The van der Waals surface area contributed by atoms with Crippen LogP contribution in [0.25, 0.3) is 44.4 Å². The molecule has 4 amide bonds. The molecule has 15 nitrogen and oxygen atoms in total. The molecule has 5 aromatic rings. The Bertz CT molecular complexity index is 2750. The van der Waals surface area contributed by atoms with E-state index in [9.17, 15) is 24.0 Å². The summed E-state index contributed by atoms with van der Waals surface area (Å²) in [5, 5.41) is 5.90. The molecule has 2 saturated heterocycles. The second kappa shape index (κ2) is 18.6. The lowest BCUT2D eigenvalue weighted by Crippen LogP contribution is -2.51. The van der Waals surface area contributed by atoms with Crippen LogP contribution in [0, 0.1) is 11.8 Å². The van der Waals surface area contributed by atoms with Crippen LogP contribution in [0.3, 0.4) is 0 Å². The van der Waals surface area contributed by atoms with Crippen LogP contribution in [0.1, 0.15) is 120 Å². The van der Waals surface area contributed by atoms with Crippen molar-refractivity contribution in [2.45, 2.75) is 121 Å². The lowest BCUT2D eigenvalue weighted by Gasteiger charge is -2.30. The lowest BCUT2D eigenvalue weighted by molar-refractivity contribution is -0.136. The SMILES string of the molecule is COC(=O)N[C@H](C(=O)N1CCC[C@H]1c1nc2ccc(-c3ccc(-c4ccc(-c5cnc([C@@H]6CCCN6C(=O)[C@H](NC(=O)OC)C(C)C)[nH]5)cc4)c4c3CCC43CCCC3)cc2c(=O)[nH]1)C(C)C. The minimum absolute atomic E-state index is 0.111. The highest BCUT2D eigenvalue weighted by Crippen LogP contribution is 2.55. The van der Waals surface area contributed by atoms with Crippen molar-refractivity contribution in [3.63, 3.8) is 0 Å². The first-order valence-corrected chi connectivity index (χ1v) is 24.0. The number of ether oxygens (including phenoxy) is 2. The van der Waals surface area contributed by atoms with Crippen LogP contribution in [0.5, 0.6) is 0 Å². The smallest absolute Gasteiger partial charge is 0.407 e. The summed E-state index contributed by atoms with van der Waals surface area (Å²) in [5.41, 5.74) is 9.59. The largest absolute Gasteiger partial charge is 0.453 e. The summed E-state index contributed by atoms with van der Waals surface area (Å²) in [7, 11) is 2.57. The van der Waals surface area contributed by atoms with E-state index in [4.69, 9.17) is 19.4 Å². The molecular weight excluding hydrogens is 849 g/mol. The summed E-state index contributed by atoms with van der Waals surface area (Å²) in [6.45, 7) is 8.66. The number of amides is 4. The number of carbonyl (C=O) groups is 4. The van der Waals surface area contributed by atoms with Crippen molar-refractivity contribution in [3.8, 4) is 33.5 Å². The van der Waals surface area contributed by atoms with Crippen molar-refractivity contribution in [1.82, 2.24) is 40.4 Å². The van der Waals surface area contributed by atoms with Gasteiger partial charge < -0.3 is 39.9 Å². The predicted octanol–water partition coefficient (Wildman–Crippen LogP) is 8.49. The molecule has 9 rings (SSSR count). The van der Waals surface area contributed by atoms with Crippen LogP contribution < -0.4 is 16.2 Å². The number of hydrogen-bond donors (Lipinski definition) is 4. The summed E-state index contributed by atoms with van der Waals surface area (Å²) in [5.74, 6) is 0.526. The third kappa shape index (κ3) is 8.57. The number of carbonyl (C=O) groups excluding carboxylic acids is 4. The first-order chi connectivity index (χ1) is 32.3. The van der Waals surface area contributed by atoms with Crippen LogP contribution >= 0.6 is 0 Å². The number of rotatable bonds is 11. The molecule has 4 N–H and O–H groups in total. The van der Waals surface area contributed by atoms with Crippen molar-refractivity contribution in [2.75, 3.05) is 27.3 Å². The molecule has 0 radical (unpaired) electrons. The molecule has 2 aromatic heterocycles. The van der Waals surface area contributed by atoms with Gasteiger partial charge in [0, 0.05) is 13.1 Å². The summed E-state index contributed by atoms with van der Waals surface area (Å²) < 4.78 is 9.59. The number of H-pyrrole nitrogens is 2. The Morgan fingerprint density at radius 2 is 1.27 bits per heavy atom. The number of nitrogens with zero attached hydrogens (tertiary/aromatic N) is 4. The molecule has 2 aliphatic heterocycles. The average Bonchev–Trinajstić information content (AvgIpc) is 4.20. The van der Waals surface area contributed by atoms with Crippen molar-refractivity contribution in [2.24, 2.45) is 11.8 Å².